The van der Waals surface area contributed by atoms with Crippen molar-refractivity contribution in [1.29, 1.82) is 0 Å². The normalized spacial score (nSPS) is 18.0. The molecule has 33 heavy (non-hydrogen) atoms. The van der Waals surface area contributed by atoms with Gasteiger partial charge >= 0.3 is 0 Å². The summed E-state index contributed by atoms with van der Waals surface area (Å²) in [6.45, 7) is 5.70. The minimum atomic E-state index is -0.0588. The van der Waals surface area contributed by atoms with Gasteiger partial charge in [-0.3, -0.25) is 4.98 Å². The second-order valence-corrected chi connectivity index (χ2v) is 8.97. The predicted octanol–water partition coefficient (Wildman–Crippen LogP) is 5.16. The summed E-state index contributed by atoms with van der Waals surface area (Å²) < 4.78 is 13.1. The highest BCUT2D eigenvalue weighted by molar-refractivity contribution is 7.80. The van der Waals surface area contributed by atoms with Gasteiger partial charge < -0.3 is 24.3 Å². The molecule has 1 fully saturated rings. The van der Waals surface area contributed by atoms with Crippen LogP contribution in [0.2, 0.25) is 5.02 Å². The van der Waals surface area contributed by atoms with Crippen molar-refractivity contribution in [3.63, 3.8) is 0 Å². The fourth-order valence-corrected chi connectivity index (χ4v) is 5.16. The zero-order valence-corrected chi connectivity index (χ0v) is 20.9. The Morgan fingerprint density at radius 3 is 2.67 bits per heavy atom. The number of nitrogens with one attached hydrogen (secondary N) is 1. The summed E-state index contributed by atoms with van der Waals surface area (Å²) in [7, 11) is 3.40. The number of pyridine rings is 1. The molecule has 0 amide bonds. The molecule has 2 aromatic heterocycles. The fraction of sp³-hybridized carbons (Fsp3) is 0.360. The molecule has 1 saturated heterocycles. The number of aromatic nitrogens is 2. The maximum absolute atomic E-state index is 6.35. The van der Waals surface area contributed by atoms with Gasteiger partial charge in [-0.2, -0.15) is 0 Å². The smallest absolute Gasteiger partial charge is 0.170 e. The Morgan fingerprint density at radius 2 is 1.97 bits per heavy atom. The molecule has 3 aromatic rings. The number of hydrogen-bond acceptors (Lipinski definition) is 4. The highest BCUT2D eigenvalue weighted by Gasteiger charge is 2.41. The number of rotatable bonds is 8. The lowest BCUT2D eigenvalue weighted by Gasteiger charge is -2.28. The topological polar surface area (TPSA) is 51.5 Å². The Balaban J connectivity index is 1.82. The predicted molar refractivity (Wildman–Crippen MR) is 135 cm³/mol. The number of halogens is 1. The summed E-state index contributed by atoms with van der Waals surface area (Å²) in [4.78, 5) is 6.90. The molecule has 1 N–H and O–H groups in total. The van der Waals surface area contributed by atoms with Gasteiger partial charge in [0.05, 0.1) is 30.6 Å². The second-order valence-electron chi connectivity index (χ2n) is 8.14. The SMILES string of the molecule is COCCCN1C(=S)NC(c2ccccn2)C1c1cc(C)n(-c2cc(Cl)ccc2OC)c1C. The number of benzene rings is 1. The van der Waals surface area contributed by atoms with Crippen molar-refractivity contribution in [2.24, 2.45) is 0 Å². The van der Waals surface area contributed by atoms with Crippen LogP contribution in [-0.2, 0) is 4.74 Å². The third kappa shape index (κ3) is 4.58. The Hall–Kier alpha value is -2.61. The van der Waals surface area contributed by atoms with Crippen molar-refractivity contribution in [3.05, 3.63) is 76.3 Å². The summed E-state index contributed by atoms with van der Waals surface area (Å²) in [6, 6.07) is 13.8. The van der Waals surface area contributed by atoms with Gasteiger partial charge in [-0.25, -0.2) is 0 Å². The van der Waals surface area contributed by atoms with Crippen molar-refractivity contribution in [2.45, 2.75) is 32.4 Å². The maximum Gasteiger partial charge on any atom is 0.170 e. The van der Waals surface area contributed by atoms with E-state index < -0.39 is 0 Å². The first-order valence-electron chi connectivity index (χ1n) is 11.0. The van der Waals surface area contributed by atoms with E-state index in [9.17, 15) is 0 Å². The number of ether oxygens (including phenoxy) is 2. The average Bonchev–Trinajstić information content (AvgIpc) is 3.29. The van der Waals surface area contributed by atoms with Crippen molar-refractivity contribution in [2.75, 3.05) is 27.4 Å². The standard InChI is InChI=1S/C25H29ClN4O2S/c1-16-14-19(17(2)30(16)21-15-18(26)9-10-22(21)32-4)24-23(20-8-5-6-11-27-20)28-25(33)29(24)12-7-13-31-3/h5-6,8-11,14-15,23-24H,7,12-13H2,1-4H3,(H,28,33). The van der Waals surface area contributed by atoms with Crippen LogP contribution in [0.1, 0.15) is 41.1 Å². The van der Waals surface area contributed by atoms with E-state index in [1.54, 1.807) is 14.2 Å². The van der Waals surface area contributed by atoms with Crippen molar-refractivity contribution >= 4 is 28.9 Å². The van der Waals surface area contributed by atoms with Crippen LogP contribution < -0.4 is 10.1 Å². The first-order chi connectivity index (χ1) is 16.0. The highest BCUT2D eigenvalue weighted by atomic mass is 35.5. The number of nitrogens with zero attached hydrogens (tertiary/aromatic N) is 3. The lowest BCUT2D eigenvalue weighted by atomic mass is 9.96. The molecular weight excluding hydrogens is 456 g/mol. The zero-order valence-electron chi connectivity index (χ0n) is 19.3. The van der Waals surface area contributed by atoms with Crippen molar-refractivity contribution in [3.8, 4) is 11.4 Å². The minimum Gasteiger partial charge on any atom is -0.495 e. The number of thiocarbonyl (C=S) groups is 1. The summed E-state index contributed by atoms with van der Waals surface area (Å²) in [5.74, 6) is 0.769. The van der Waals surface area contributed by atoms with Crippen LogP contribution in [0, 0.1) is 13.8 Å². The van der Waals surface area contributed by atoms with Gasteiger partial charge in [0.15, 0.2) is 5.11 Å². The molecule has 6 nitrogen and oxygen atoms in total. The molecular formula is C25H29ClN4O2S. The Kier molecular flexibility index (Phi) is 7.22. The van der Waals surface area contributed by atoms with E-state index in [0.717, 1.165) is 46.6 Å². The molecule has 0 saturated carbocycles. The van der Waals surface area contributed by atoms with E-state index in [1.165, 1.54) is 5.56 Å². The molecule has 4 rings (SSSR count). The third-order valence-electron chi connectivity index (χ3n) is 6.12. The van der Waals surface area contributed by atoms with Crippen molar-refractivity contribution in [1.82, 2.24) is 19.8 Å². The lowest BCUT2D eigenvalue weighted by Crippen LogP contribution is -2.31. The van der Waals surface area contributed by atoms with Gasteiger partial charge in [0.2, 0.25) is 0 Å². The largest absolute Gasteiger partial charge is 0.495 e. The van der Waals surface area contributed by atoms with Crippen LogP contribution in [0.25, 0.3) is 5.69 Å². The van der Waals surface area contributed by atoms with Gasteiger partial charge in [-0.05, 0) is 74.4 Å². The van der Waals surface area contributed by atoms with Gasteiger partial charge in [0, 0.05) is 42.9 Å². The molecule has 1 aromatic carbocycles. The molecule has 0 spiro atoms. The summed E-state index contributed by atoms with van der Waals surface area (Å²) >= 11 is 12.1. The van der Waals surface area contributed by atoms with Crippen LogP contribution in [0.15, 0.2) is 48.7 Å². The van der Waals surface area contributed by atoms with Gasteiger partial charge in [-0.1, -0.05) is 17.7 Å². The molecule has 0 bridgehead atoms. The molecule has 2 atom stereocenters. The molecule has 1 aliphatic rings. The maximum atomic E-state index is 6.35. The van der Waals surface area contributed by atoms with Crippen LogP contribution in [0.3, 0.4) is 0 Å². The summed E-state index contributed by atoms with van der Waals surface area (Å²) in [6.07, 6.45) is 2.70. The lowest BCUT2D eigenvalue weighted by molar-refractivity contribution is 0.180. The zero-order chi connectivity index (χ0) is 23.5. The van der Waals surface area contributed by atoms with Crippen LogP contribution >= 0.6 is 23.8 Å². The van der Waals surface area contributed by atoms with Gasteiger partial charge in [0.25, 0.3) is 0 Å². The first-order valence-corrected chi connectivity index (χ1v) is 11.7. The van der Waals surface area contributed by atoms with E-state index in [4.69, 9.17) is 33.3 Å². The summed E-state index contributed by atoms with van der Waals surface area (Å²) in [5.41, 5.74) is 5.28. The first kappa shape index (κ1) is 23.5. The molecule has 174 valence electrons. The van der Waals surface area contributed by atoms with Gasteiger partial charge in [0.1, 0.15) is 5.75 Å². The number of hydrogen-bond donors (Lipinski definition) is 1. The van der Waals surface area contributed by atoms with E-state index in [0.29, 0.717) is 11.6 Å². The molecule has 2 unspecified atom stereocenters. The van der Waals surface area contributed by atoms with Crippen LogP contribution in [0.4, 0.5) is 0 Å². The highest BCUT2D eigenvalue weighted by Crippen LogP contribution is 2.42. The molecule has 0 aliphatic carbocycles. The Morgan fingerprint density at radius 1 is 1.15 bits per heavy atom. The number of methoxy groups -OCH3 is 2. The monoisotopic (exact) mass is 484 g/mol. The molecule has 8 heteroatoms. The van der Waals surface area contributed by atoms with E-state index in [1.807, 2.05) is 42.6 Å². The Bertz CT molecular complexity index is 1130. The average molecular weight is 485 g/mol. The van der Waals surface area contributed by atoms with E-state index in [-0.39, 0.29) is 12.1 Å². The fourth-order valence-electron chi connectivity index (χ4n) is 4.66. The molecule has 3 heterocycles. The molecule has 0 radical (unpaired) electrons. The van der Waals surface area contributed by atoms with Crippen LogP contribution in [-0.4, -0.2) is 46.9 Å². The van der Waals surface area contributed by atoms with Gasteiger partial charge in [-0.15, -0.1) is 0 Å². The Labute approximate surface area is 205 Å². The quantitative estimate of drug-likeness (QED) is 0.352. The minimum absolute atomic E-state index is 0.00520. The third-order valence-corrected chi connectivity index (χ3v) is 6.70. The number of aryl methyl sites for hydroxylation is 1. The van der Waals surface area contributed by atoms with E-state index >= 15 is 0 Å². The van der Waals surface area contributed by atoms with E-state index in [2.05, 4.69) is 39.7 Å². The summed E-state index contributed by atoms with van der Waals surface area (Å²) in [5, 5.41) is 4.92. The second kappa shape index (κ2) is 10.1. The van der Waals surface area contributed by atoms with Crippen LogP contribution in [0.5, 0.6) is 5.75 Å². The van der Waals surface area contributed by atoms with Crippen molar-refractivity contribution < 1.29 is 9.47 Å². The molecule has 1 aliphatic heterocycles.